The van der Waals surface area contributed by atoms with Crippen LogP contribution in [0, 0.1) is 17.0 Å². The quantitative estimate of drug-likeness (QED) is 0.529. The molecule has 0 atom stereocenters. The van der Waals surface area contributed by atoms with E-state index in [0.717, 1.165) is 5.56 Å². The molecule has 0 bridgehead atoms. The number of anilines is 1. The predicted octanol–water partition coefficient (Wildman–Crippen LogP) is 0.314. The standard InChI is InChI=1S/C10H11N7O2/c1-5-2-3-6(17(18)19)4-7(5)13-14-8-9(11)15-16-10(8)12/h2-4,13H,1H3,(H4,11,12,14,15,16). The van der Waals surface area contributed by atoms with Crippen LogP contribution in [-0.2, 0) is 0 Å². The Kier molecular flexibility index (Phi) is 3.10. The average molecular weight is 261 g/mol. The molecule has 1 aromatic carbocycles. The van der Waals surface area contributed by atoms with Gasteiger partial charge >= 0.3 is 0 Å². The maximum absolute atomic E-state index is 10.7. The van der Waals surface area contributed by atoms with Crippen molar-refractivity contribution in [1.29, 1.82) is 0 Å². The smallest absolute Gasteiger partial charge is 0.271 e. The molecule has 9 heteroatoms. The van der Waals surface area contributed by atoms with Gasteiger partial charge in [-0.25, -0.2) is 0 Å². The van der Waals surface area contributed by atoms with Crippen LogP contribution in [0.3, 0.4) is 0 Å². The fourth-order valence-corrected chi connectivity index (χ4v) is 1.41. The van der Waals surface area contributed by atoms with Crippen LogP contribution in [0.1, 0.15) is 5.56 Å². The molecule has 9 nitrogen and oxygen atoms in total. The number of nitro groups is 1. The summed E-state index contributed by atoms with van der Waals surface area (Å²) in [5.41, 5.74) is 15.2. The fourth-order valence-electron chi connectivity index (χ4n) is 1.41. The van der Waals surface area contributed by atoms with E-state index in [-0.39, 0.29) is 23.1 Å². The minimum atomic E-state index is -0.487. The van der Waals surface area contributed by atoms with Crippen LogP contribution in [0.15, 0.2) is 33.5 Å². The van der Waals surface area contributed by atoms with E-state index < -0.39 is 4.92 Å². The third-order valence-corrected chi connectivity index (χ3v) is 2.47. The molecule has 0 aromatic heterocycles. The Balaban J connectivity index is 2.27. The number of non-ortho nitro benzene ring substituents is 1. The van der Waals surface area contributed by atoms with Gasteiger partial charge in [0.15, 0.2) is 17.4 Å². The van der Waals surface area contributed by atoms with Gasteiger partial charge < -0.3 is 11.5 Å². The summed E-state index contributed by atoms with van der Waals surface area (Å²) in [5, 5.41) is 21.8. The monoisotopic (exact) mass is 261 g/mol. The number of nitrogens with two attached hydrogens (primary N) is 2. The Labute approximate surface area is 107 Å². The van der Waals surface area contributed by atoms with Crippen molar-refractivity contribution in [2.24, 2.45) is 26.8 Å². The lowest BCUT2D eigenvalue weighted by Crippen LogP contribution is -2.32. The fraction of sp³-hybridized carbons (Fsp3) is 0.100. The maximum atomic E-state index is 10.7. The molecule has 0 unspecified atom stereocenters. The van der Waals surface area contributed by atoms with Gasteiger partial charge in [0.25, 0.3) is 5.69 Å². The highest BCUT2D eigenvalue weighted by atomic mass is 16.6. The Morgan fingerprint density at radius 3 is 2.53 bits per heavy atom. The molecule has 1 aromatic rings. The molecule has 98 valence electrons. The number of hydrogen-bond donors (Lipinski definition) is 3. The van der Waals surface area contributed by atoms with Gasteiger partial charge in [-0.2, -0.15) is 5.10 Å². The lowest BCUT2D eigenvalue weighted by molar-refractivity contribution is -0.384. The van der Waals surface area contributed by atoms with E-state index in [9.17, 15) is 10.1 Å². The summed E-state index contributed by atoms with van der Waals surface area (Å²) >= 11 is 0. The SMILES string of the molecule is Cc1ccc([N+](=O)[O-])cc1NN=C1C(N)=NN=C1N. The predicted molar refractivity (Wildman–Crippen MR) is 72.1 cm³/mol. The molecule has 2 rings (SSSR count). The first-order valence-electron chi connectivity index (χ1n) is 5.25. The first kappa shape index (κ1) is 12.5. The van der Waals surface area contributed by atoms with Crippen molar-refractivity contribution < 1.29 is 4.92 Å². The Bertz CT molecular complexity index is 613. The second kappa shape index (κ2) is 4.72. The minimum Gasteiger partial charge on any atom is -0.380 e. The topological polar surface area (TPSA) is 144 Å². The molecule has 0 aliphatic carbocycles. The molecule has 1 aliphatic heterocycles. The zero-order chi connectivity index (χ0) is 14.0. The van der Waals surface area contributed by atoms with Crippen LogP contribution in [-0.4, -0.2) is 22.3 Å². The van der Waals surface area contributed by atoms with Gasteiger partial charge in [0.1, 0.15) is 0 Å². The van der Waals surface area contributed by atoms with Gasteiger partial charge in [-0.3, -0.25) is 15.5 Å². The molecule has 0 saturated carbocycles. The zero-order valence-corrected chi connectivity index (χ0v) is 9.99. The van der Waals surface area contributed by atoms with Crippen LogP contribution < -0.4 is 16.9 Å². The molecule has 0 fully saturated rings. The van der Waals surface area contributed by atoms with Crippen molar-refractivity contribution in [1.82, 2.24) is 0 Å². The van der Waals surface area contributed by atoms with Gasteiger partial charge in [-0.1, -0.05) is 6.07 Å². The van der Waals surface area contributed by atoms with Crippen LogP contribution in [0.4, 0.5) is 11.4 Å². The van der Waals surface area contributed by atoms with E-state index in [1.54, 1.807) is 13.0 Å². The first-order valence-corrected chi connectivity index (χ1v) is 5.25. The third kappa shape index (κ3) is 2.49. The zero-order valence-electron chi connectivity index (χ0n) is 9.99. The number of rotatable bonds is 3. The number of amidine groups is 2. The maximum Gasteiger partial charge on any atom is 0.271 e. The van der Waals surface area contributed by atoms with Crippen LogP contribution in [0.25, 0.3) is 0 Å². The number of nitrogens with zero attached hydrogens (tertiary/aromatic N) is 4. The molecule has 0 radical (unpaired) electrons. The summed E-state index contributed by atoms with van der Waals surface area (Å²) in [6, 6.07) is 4.40. The molecule has 0 amide bonds. The van der Waals surface area contributed by atoms with Crippen LogP contribution >= 0.6 is 0 Å². The molecular formula is C10H11N7O2. The molecule has 0 saturated heterocycles. The normalized spacial score (nSPS) is 13.8. The highest BCUT2D eigenvalue weighted by Crippen LogP contribution is 2.21. The molecule has 19 heavy (non-hydrogen) atoms. The number of aryl methyl sites for hydroxylation is 1. The van der Waals surface area contributed by atoms with Crippen molar-refractivity contribution in [2.75, 3.05) is 5.43 Å². The van der Waals surface area contributed by atoms with E-state index in [1.165, 1.54) is 12.1 Å². The van der Waals surface area contributed by atoms with Crippen molar-refractivity contribution in [2.45, 2.75) is 6.92 Å². The van der Waals surface area contributed by atoms with Crippen molar-refractivity contribution in [3.8, 4) is 0 Å². The lowest BCUT2D eigenvalue weighted by Gasteiger charge is -2.05. The summed E-state index contributed by atoms with van der Waals surface area (Å²) in [5.74, 6) is 0.182. The van der Waals surface area contributed by atoms with Crippen molar-refractivity contribution in [3.05, 3.63) is 33.9 Å². The summed E-state index contributed by atoms with van der Waals surface area (Å²) in [6.07, 6.45) is 0. The number of hydrazone groups is 1. The third-order valence-electron chi connectivity index (χ3n) is 2.47. The van der Waals surface area contributed by atoms with Gasteiger partial charge in [0.05, 0.1) is 10.6 Å². The molecule has 0 spiro atoms. The van der Waals surface area contributed by atoms with E-state index in [0.29, 0.717) is 5.69 Å². The van der Waals surface area contributed by atoms with Gasteiger partial charge in [-0.15, -0.1) is 10.2 Å². The summed E-state index contributed by atoms with van der Waals surface area (Å²) in [6.45, 7) is 1.79. The van der Waals surface area contributed by atoms with Crippen molar-refractivity contribution in [3.63, 3.8) is 0 Å². The Morgan fingerprint density at radius 1 is 1.32 bits per heavy atom. The summed E-state index contributed by atoms with van der Waals surface area (Å²) in [7, 11) is 0. The highest BCUT2D eigenvalue weighted by Gasteiger charge is 2.16. The number of benzene rings is 1. The average Bonchev–Trinajstić information content (AvgIpc) is 2.68. The van der Waals surface area contributed by atoms with E-state index in [4.69, 9.17) is 11.5 Å². The lowest BCUT2D eigenvalue weighted by atomic mass is 10.2. The van der Waals surface area contributed by atoms with Gasteiger partial charge in [0, 0.05) is 12.1 Å². The molecule has 1 aliphatic rings. The van der Waals surface area contributed by atoms with E-state index >= 15 is 0 Å². The van der Waals surface area contributed by atoms with Crippen molar-refractivity contribution >= 4 is 28.8 Å². The minimum absolute atomic E-state index is 0.0389. The Morgan fingerprint density at radius 2 is 1.95 bits per heavy atom. The van der Waals surface area contributed by atoms with Gasteiger partial charge in [-0.05, 0) is 12.5 Å². The van der Waals surface area contributed by atoms with E-state index in [2.05, 4.69) is 20.7 Å². The largest absolute Gasteiger partial charge is 0.380 e. The molecular weight excluding hydrogens is 250 g/mol. The van der Waals surface area contributed by atoms with Gasteiger partial charge in [0.2, 0.25) is 0 Å². The van der Waals surface area contributed by atoms with E-state index in [1.807, 2.05) is 0 Å². The summed E-state index contributed by atoms with van der Waals surface area (Å²) in [4.78, 5) is 10.2. The second-order valence-electron chi connectivity index (χ2n) is 3.80. The molecule has 1 heterocycles. The highest BCUT2D eigenvalue weighted by molar-refractivity contribution is 6.68. The Hall–Kier alpha value is -2.97. The van der Waals surface area contributed by atoms with Crippen LogP contribution in [0.5, 0.6) is 0 Å². The number of hydrogen-bond acceptors (Lipinski definition) is 8. The second-order valence-corrected chi connectivity index (χ2v) is 3.80. The molecule has 5 N–H and O–H groups in total. The van der Waals surface area contributed by atoms with Crippen LogP contribution in [0.2, 0.25) is 0 Å². The number of nitrogens with one attached hydrogen (secondary N) is 1. The first-order chi connectivity index (χ1) is 8.99. The number of nitro benzene ring substituents is 1. The summed E-state index contributed by atoms with van der Waals surface area (Å²) < 4.78 is 0.